The molecule has 1 fully saturated rings. The molecular formula is C18H19F3N4O2. The van der Waals surface area contributed by atoms with Crippen LogP contribution in [-0.4, -0.2) is 47.8 Å². The van der Waals surface area contributed by atoms with E-state index in [-0.39, 0.29) is 19.1 Å². The number of alkyl halides is 3. The molecule has 2 aliphatic rings. The second-order valence-electron chi connectivity index (χ2n) is 6.22. The number of nitrogens with zero attached hydrogens (tertiary/aromatic N) is 2. The molecule has 0 bridgehead atoms. The Morgan fingerprint density at radius 2 is 2.22 bits per heavy atom. The number of hydrogen-bond acceptors (Lipinski definition) is 5. The Morgan fingerprint density at radius 1 is 1.44 bits per heavy atom. The van der Waals surface area contributed by atoms with Crippen molar-refractivity contribution in [1.29, 1.82) is 0 Å². The lowest BCUT2D eigenvalue weighted by atomic mass is 10.0. The molecule has 0 aliphatic carbocycles. The number of halogens is 3. The van der Waals surface area contributed by atoms with Gasteiger partial charge in [-0.05, 0) is 35.4 Å². The zero-order valence-corrected chi connectivity index (χ0v) is 14.6. The molecule has 0 spiro atoms. The first kappa shape index (κ1) is 19.0. The van der Waals surface area contributed by atoms with Crippen LogP contribution in [0.1, 0.15) is 12.5 Å². The third-order valence-corrected chi connectivity index (χ3v) is 4.12. The number of anilines is 1. The highest BCUT2D eigenvalue weighted by Gasteiger charge is 2.46. The predicted octanol–water partition coefficient (Wildman–Crippen LogP) is 2.64. The number of allylic oxidation sites excluding steroid dienone is 3. The number of ether oxygens (including phenoxy) is 1. The minimum Gasteiger partial charge on any atom is -0.377 e. The molecule has 27 heavy (non-hydrogen) atoms. The van der Waals surface area contributed by atoms with Gasteiger partial charge in [0.05, 0.1) is 13.2 Å². The van der Waals surface area contributed by atoms with Crippen LogP contribution in [-0.2, 0) is 9.53 Å². The molecule has 2 aliphatic heterocycles. The van der Waals surface area contributed by atoms with Crippen LogP contribution in [0.25, 0.3) is 5.57 Å². The Kier molecular flexibility index (Phi) is 5.22. The van der Waals surface area contributed by atoms with Gasteiger partial charge in [-0.25, -0.2) is 4.98 Å². The lowest BCUT2D eigenvalue weighted by Gasteiger charge is -2.40. The summed E-state index contributed by atoms with van der Waals surface area (Å²) in [6.45, 7) is 5.10. The van der Waals surface area contributed by atoms with Crippen molar-refractivity contribution in [2.45, 2.75) is 19.1 Å². The van der Waals surface area contributed by atoms with Gasteiger partial charge in [-0.3, -0.25) is 4.79 Å². The van der Waals surface area contributed by atoms with Crippen LogP contribution in [0.4, 0.5) is 19.0 Å². The van der Waals surface area contributed by atoms with Crippen molar-refractivity contribution in [3.63, 3.8) is 0 Å². The molecular weight excluding hydrogens is 361 g/mol. The summed E-state index contributed by atoms with van der Waals surface area (Å²) in [6, 6.07) is 1.63. The SMILES string of the molecule is C=C1C=C(c2ccnc(NC(C)=O)c2)C=C(N2CCOCC2C(F)(F)F)N1. The number of carbonyl (C=O) groups is 1. The van der Waals surface area contributed by atoms with Crippen LogP contribution in [0, 0.1) is 0 Å². The summed E-state index contributed by atoms with van der Waals surface area (Å²) < 4.78 is 45.1. The number of nitrogens with one attached hydrogen (secondary N) is 2. The number of carbonyl (C=O) groups excluding carboxylic acids is 1. The first-order chi connectivity index (χ1) is 12.7. The quantitative estimate of drug-likeness (QED) is 0.844. The van der Waals surface area contributed by atoms with Crippen molar-refractivity contribution in [2.24, 2.45) is 0 Å². The summed E-state index contributed by atoms with van der Waals surface area (Å²) in [5.74, 6) is 0.404. The van der Waals surface area contributed by atoms with Gasteiger partial charge in [-0.2, -0.15) is 13.2 Å². The molecule has 9 heteroatoms. The van der Waals surface area contributed by atoms with Gasteiger partial charge in [0.1, 0.15) is 17.7 Å². The number of pyridine rings is 1. The summed E-state index contributed by atoms with van der Waals surface area (Å²) >= 11 is 0. The molecule has 1 amide bonds. The molecule has 1 atom stereocenters. The molecule has 0 saturated carbocycles. The number of aromatic nitrogens is 1. The average molecular weight is 380 g/mol. The number of hydrogen-bond donors (Lipinski definition) is 2. The zero-order chi connectivity index (χ0) is 19.6. The summed E-state index contributed by atoms with van der Waals surface area (Å²) in [6.07, 6.45) is 0.457. The fourth-order valence-electron chi connectivity index (χ4n) is 2.96. The Bertz CT molecular complexity index is 817. The molecule has 1 aromatic rings. The lowest BCUT2D eigenvalue weighted by Crippen LogP contribution is -2.54. The van der Waals surface area contributed by atoms with Crippen LogP contribution >= 0.6 is 0 Å². The van der Waals surface area contributed by atoms with E-state index in [1.165, 1.54) is 18.0 Å². The molecule has 1 unspecified atom stereocenters. The van der Waals surface area contributed by atoms with Gasteiger partial charge in [0.25, 0.3) is 0 Å². The van der Waals surface area contributed by atoms with E-state index in [1.54, 1.807) is 24.3 Å². The minimum atomic E-state index is -4.42. The number of morpholine rings is 1. The molecule has 2 N–H and O–H groups in total. The van der Waals surface area contributed by atoms with E-state index in [0.717, 1.165) is 0 Å². The Hall–Kier alpha value is -2.81. The van der Waals surface area contributed by atoms with Gasteiger partial charge >= 0.3 is 6.18 Å². The smallest absolute Gasteiger partial charge is 0.377 e. The fraction of sp³-hybridized carbons (Fsp3) is 0.333. The van der Waals surface area contributed by atoms with Crippen LogP contribution < -0.4 is 10.6 Å². The van der Waals surface area contributed by atoms with Crippen LogP contribution in [0.15, 0.2) is 48.6 Å². The molecule has 144 valence electrons. The van der Waals surface area contributed by atoms with Crippen molar-refractivity contribution in [2.75, 3.05) is 25.1 Å². The third kappa shape index (κ3) is 4.48. The highest BCUT2D eigenvalue weighted by atomic mass is 19.4. The maximum absolute atomic E-state index is 13.4. The van der Waals surface area contributed by atoms with Crippen LogP contribution in [0.3, 0.4) is 0 Å². The van der Waals surface area contributed by atoms with E-state index in [2.05, 4.69) is 22.2 Å². The van der Waals surface area contributed by atoms with Crippen molar-refractivity contribution >= 4 is 17.3 Å². The van der Waals surface area contributed by atoms with Gasteiger partial charge < -0.3 is 20.3 Å². The topological polar surface area (TPSA) is 66.5 Å². The highest BCUT2D eigenvalue weighted by molar-refractivity contribution is 5.88. The van der Waals surface area contributed by atoms with Gasteiger partial charge in [-0.1, -0.05) is 6.58 Å². The zero-order valence-electron chi connectivity index (χ0n) is 14.6. The van der Waals surface area contributed by atoms with Gasteiger partial charge in [0.2, 0.25) is 5.91 Å². The first-order valence-corrected chi connectivity index (χ1v) is 8.28. The number of amides is 1. The largest absolute Gasteiger partial charge is 0.411 e. The Labute approximate surface area is 154 Å². The second kappa shape index (κ2) is 7.43. The predicted molar refractivity (Wildman–Crippen MR) is 94.2 cm³/mol. The molecule has 0 aromatic carbocycles. The van der Waals surface area contributed by atoms with E-state index >= 15 is 0 Å². The summed E-state index contributed by atoms with van der Waals surface area (Å²) in [5.41, 5.74) is 1.83. The normalized spacial score (nSPS) is 20.5. The van der Waals surface area contributed by atoms with Crippen LogP contribution in [0.5, 0.6) is 0 Å². The van der Waals surface area contributed by atoms with Crippen molar-refractivity contribution in [3.8, 4) is 0 Å². The average Bonchev–Trinajstić information content (AvgIpc) is 2.60. The van der Waals surface area contributed by atoms with E-state index < -0.39 is 18.8 Å². The molecule has 1 aromatic heterocycles. The van der Waals surface area contributed by atoms with E-state index in [0.29, 0.717) is 28.5 Å². The van der Waals surface area contributed by atoms with Crippen LogP contribution in [0.2, 0.25) is 0 Å². The monoisotopic (exact) mass is 380 g/mol. The molecule has 1 saturated heterocycles. The Balaban J connectivity index is 1.92. The third-order valence-electron chi connectivity index (χ3n) is 4.12. The van der Waals surface area contributed by atoms with Gasteiger partial charge in [-0.15, -0.1) is 0 Å². The second-order valence-corrected chi connectivity index (χ2v) is 6.22. The molecule has 0 radical (unpaired) electrons. The van der Waals surface area contributed by atoms with E-state index in [4.69, 9.17) is 4.74 Å². The Morgan fingerprint density at radius 3 is 2.93 bits per heavy atom. The first-order valence-electron chi connectivity index (χ1n) is 8.28. The highest BCUT2D eigenvalue weighted by Crippen LogP contribution is 2.32. The molecule has 3 rings (SSSR count). The van der Waals surface area contributed by atoms with E-state index in [1.807, 2.05) is 0 Å². The maximum Gasteiger partial charge on any atom is 0.411 e. The van der Waals surface area contributed by atoms with Crippen molar-refractivity contribution in [3.05, 3.63) is 54.1 Å². The number of dihydropyridines is 1. The summed E-state index contributed by atoms with van der Waals surface area (Å²) in [4.78, 5) is 16.5. The summed E-state index contributed by atoms with van der Waals surface area (Å²) in [7, 11) is 0. The van der Waals surface area contributed by atoms with E-state index in [9.17, 15) is 18.0 Å². The minimum absolute atomic E-state index is 0.108. The van der Waals surface area contributed by atoms with Gasteiger partial charge in [0, 0.05) is 25.4 Å². The lowest BCUT2D eigenvalue weighted by molar-refractivity contribution is -0.206. The standard InChI is InChI=1S/C18H19F3N4O2/c1-11-7-14(13-3-4-22-16(8-13)24-12(2)26)9-17(23-11)25-5-6-27-10-15(25)18(19,20)21/h3-4,7-9,15,23H,1,5-6,10H2,2H3,(H,22,24,26). The number of rotatable bonds is 3. The van der Waals surface area contributed by atoms with Gasteiger partial charge in [0.15, 0.2) is 0 Å². The molecule has 6 nitrogen and oxygen atoms in total. The van der Waals surface area contributed by atoms with Crippen molar-refractivity contribution in [1.82, 2.24) is 15.2 Å². The maximum atomic E-state index is 13.4. The molecule has 3 heterocycles. The summed E-state index contributed by atoms with van der Waals surface area (Å²) in [5, 5.41) is 5.50. The van der Waals surface area contributed by atoms with Crippen molar-refractivity contribution < 1.29 is 22.7 Å². The fourth-order valence-corrected chi connectivity index (χ4v) is 2.96.